The highest BCUT2D eigenvalue weighted by Crippen LogP contribution is 2.32. The first-order chi connectivity index (χ1) is 8.63. The van der Waals surface area contributed by atoms with Crippen LogP contribution >= 0.6 is 0 Å². The number of hydrogen-bond acceptors (Lipinski definition) is 4. The van der Waals surface area contributed by atoms with Crippen LogP contribution in [0, 0.1) is 17.2 Å². The van der Waals surface area contributed by atoms with Crippen LogP contribution in [0.15, 0.2) is 18.3 Å². The van der Waals surface area contributed by atoms with Gasteiger partial charge in [0.25, 0.3) is 0 Å². The molecule has 2 atom stereocenters. The molecule has 0 saturated heterocycles. The minimum absolute atomic E-state index is 0.380. The Kier molecular flexibility index (Phi) is 3.83. The van der Waals surface area contributed by atoms with Crippen molar-refractivity contribution in [2.45, 2.75) is 38.2 Å². The average Bonchev–Trinajstić information content (AvgIpc) is 2.36. The van der Waals surface area contributed by atoms with Gasteiger partial charge in [0.1, 0.15) is 6.07 Å². The first-order valence-electron chi connectivity index (χ1n) is 6.44. The number of rotatable bonds is 3. The van der Waals surface area contributed by atoms with Crippen LogP contribution in [0.1, 0.15) is 38.3 Å². The Morgan fingerprint density at radius 2 is 2.50 bits per heavy atom. The van der Waals surface area contributed by atoms with Crippen molar-refractivity contribution in [2.75, 3.05) is 11.9 Å². The molecule has 2 N–H and O–H groups in total. The van der Waals surface area contributed by atoms with Gasteiger partial charge < -0.3 is 10.4 Å². The molecular formula is C14H19N3O. The summed E-state index contributed by atoms with van der Waals surface area (Å²) in [7, 11) is 0. The molecule has 2 rings (SSSR count). The number of anilines is 1. The maximum absolute atomic E-state index is 10.5. The number of pyridine rings is 1. The lowest BCUT2D eigenvalue weighted by molar-refractivity contribution is -0.000767. The minimum Gasteiger partial charge on any atom is -0.388 e. The maximum atomic E-state index is 10.5. The molecule has 1 aliphatic rings. The van der Waals surface area contributed by atoms with Crippen molar-refractivity contribution < 1.29 is 5.11 Å². The molecule has 4 nitrogen and oxygen atoms in total. The molecule has 0 spiro atoms. The highest BCUT2D eigenvalue weighted by atomic mass is 16.3. The third-order valence-electron chi connectivity index (χ3n) is 3.59. The van der Waals surface area contributed by atoms with Crippen molar-refractivity contribution in [2.24, 2.45) is 5.92 Å². The van der Waals surface area contributed by atoms with Gasteiger partial charge in [0.05, 0.1) is 11.3 Å². The second-order valence-electron chi connectivity index (χ2n) is 5.29. The zero-order valence-electron chi connectivity index (χ0n) is 10.7. The van der Waals surface area contributed by atoms with Gasteiger partial charge in [-0.2, -0.15) is 5.26 Å². The van der Waals surface area contributed by atoms with E-state index in [1.54, 1.807) is 12.3 Å². The zero-order valence-corrected chi connectivity index (χ0v) is 10.7. The van der Waals surface area contributed by atoms with Crippen LogP contribution in [0.3, 0.4) is 0 Å². The number of nitrogens with one attached hydrogen (secondary N) is 1. The zero-order chi connectivity index (χ0) is 13.0. The topological polar surface area (TPSA) is 68.9 Å². The fourth-order valence-electron chi connectivity index (χ4n) is 2.69. The van der Waals surface area contributed by atoms with Crippen LogP contribution in [0.5, 0.6) is 0 Å². The predicted molar refractivity (Wildman–Crippen MR) is 70.0 cm³/mol. The van der Waals surface area contributed by atoms with Crippen LogP contribution in [-0.4, -0.2) is 22.2 Å². The molecule has 0 bridgehead atoms. The van der Waals surface area contributed by atoms with Crippen LogP contribution in [0.25, 0.3) is 0 Å². The second-order valence-corrected chi connectivity index (χ2v) is 5.29. The summed E-state index contributed by atoms with van der Waals surface area (Å²) in [5.41, 5.74) is 0.428. The summed E-state index contributed by atoms with van der Waals surface area (Å²) in [5.74, 6) is 0.565. The minimum atomic E-state index is -0.653. The molecular weight excluding hydrogens is 226 g/mol. The van der Waals surface area contributed by atoms with Gasteiger partial charge in [0.15, 0.2) is 5.69 Å². The van der Waals surface area contributed by atoms with Gasteiger partial charge in [-0.25, -0.2) is 4.98 Å². The van der Waals surface area contributed by atoms with Gasteiger partial charge in [-0.3, -0.25) is 0 Å². The molecule has 4 heteroatoms. The van der Waals surface area contributed by atoms with Crippen molar-refractivity contribution in [3.63, 3.8) is 0 Å². The summed E-state index contributed by atoms with van der Waals surface area (Å²) in [6.45, 7) is 2.66. The van der Waals surface area contributed by atoms with E-state index in [2.05, 4.69) is 17.2 Å². The van der Waals surface area contributed by atoms with Crippen LogP contribution in [0.4, 0.5) is 5.69 Å². The molecule has 1 saturated carbocycles. The SMILES string of the molecule is CC1CCCC(O)(CNc2cccnc2C#N)C1. The van der Waals surface area contributed by atoms with Gasteiger partial charge in [-0.1, -0.05) is 19.8 Å². The summed E-state index contributed by atoms with van der Waals surface area (Å²) in [5, 5.41) is 22.6. The Morgan fingerprint density at radius 3 is 3.22 bits per heavy atom. The largest absolute Gasteiger partial charge is 0.388 e. The molecule has 0 aromatic carbocycles. The van der Waals surface area contributed by atoms with Crippen molar-refractivity contribution in [3.05, 3.63) is 24.0 Å². The lowest BCUT2D eigenvalue weighted by Gasteiger charge is -2.35. The van der Waals surface area contributed by atoms with E-state index < -0.39 is 5.60 Å². The van der Waals surface area contributed by atoms with E-state index in [4.69, 9.17) is 5.26 Å². The van der Waals surface area contributed by atoms with Crippen molar-refractivity contribution in [3.8, 4) is 6.07 Å². The Hall–Kier alpha value is -1.60. The molecule has 96 valence electrons. The molecule has 0 aliphatic heterocycles. The fraction of sp³-hybridized carbons (Fsp3) is 0.571. The highest BCUT2D eigenvalue weighted by Gasteiger charge is 2.32. The van der Waals surface area contributed by atoms with Crippen molar-refractivity contribution in [1.82, 2.24) is 4.98 Å². The van der Waals surface area contributed by atoms with Crippen molar-refractivity contribution in [1.29, 1.82) is 5.26 Å². The number of aliphatic hydroxyl groups is 1. The number of hydrogen-bond donors (Lipinski definition) is 2. The first kappa shape index (κ1) is 12.8. The van der Waals surface area contributed by atoms with Gasteiger partial charge >= 0.3 is 0 Å². The molecule has 1 aromatic heterocycles. The third-order valence-corrected chi connectivity index (χ3v) is 3.59. The van der Waals surface area contributed by atoms with E-state index in [1.165, 1.54) is 6.42 Å². The number of nitrogens with zero attached hydrogens (tertiary/aromatic N) is 2. The molecule has 2 unspecified atom stereocenters. The van der Waals surface area contributed by atoms with Gasteiger partial charge in [0.2, 0.25) is 0 Å². The van der Waals surface area contributed by atoms with E-state index in [0.29, 0.717) is 23.8 Å². The van der Waals surface area contributed by atoms with Crippen molar-refractivity contribution >= 4 is 5.69 Å². The van der Waals surface area contributed by atoms with E-state index in [1.807, 2.05) is 12.1 Å². The lowest BCUT2D eigenvalue weighted by atomic mass is 9.79. The molecule has 1 aliphatic carbocycles. The molecule has 0 amide bonds. The van der Waals surface area contributed by atoms with E-state index in [0.717, 1.165) is 19.3 Å². The molecule has 0 radical (unpaired) electrons. The van der Waals surface area contributed by atoms with Crippen LogP contribution < -0.4 is 5.32 Å². The van der Waals surface area contributed by atoms with E-state index in [-0.39, 0.29) is 0 Å². The maximum Gasteiger partial charge on any atom is 0.163 e. The quantitative estimate of drug-likeness (QED) is 0.857. The van der Waals surface area contributed by atoms with Gasteiger partial charge in [-0.05, 0) is 30.9 Å². The Labute approximate surface area is 108 Å². The number of aromatic nitrogens is 1. The summed E-state index contributed by atoms with van der Waals surface area (Å²) >= 11 is 0. The summed E-state index contributed by atoms with van der Waals surface area (Å²) in [4.78, 5) is 3.99. The molecule has 18 heavy (non-hydrogen) atoms. The number of nitriles is 1. The van der Waals surface area contributed by atoms with Gasteiger partial charge in [-0.15, -0.1) is 0 Å². The standard InChI is InChI=1S/C14H19N3O/c1-11-4-2-6-14(18,8-11)10-17-12-5-3-7-16-13(12)9-15/h3,5,7,11,17-18H,2,4,6,8,10H2,1H3. The monoisotopic (exact) mass is 245 g/mol. The normalized spacial score (nSPS) is 27.5. The van der Waals surface area contributed by atoms with Gasteiger partial charge in [0, 0.05) is 12.7 Å². The summed E-state index contributed by atoms with van der Waals surface area (Å²) in [6, 6.07) is 5.66. The fourth-order valence-corrected chi connectivity index (χ4v) is 2.69. The van der Waals surface area contributed by atoms with Crippen LogP contribution in [0.2, 0.25) is 0 Å². The average molecular weight is 245 g/mol. The Balaban J connectivity index is 2.01. The molecule has 1 heterocycles. The Morgan fingerprint density at radius 1 is 1.67 bits per heavy atom. The third kappa shape index (κ3) is 2.99. The molecule has 1 aromatic rings. The summed E-state index contributed by atoms with van der Waals surface area (Å²) < 4.78 is 0. The Bertz CT molecular complexity index is 455. The van der Waals surface area contributed by atoms with E-state index >= 15 is 0 Å². The molecule has 1 fully saturated rings. The second kappa shape index (κ2) is 5.36. The van der Waals surface area contributed by atoms with E-state index in [9.17, 15) is 5.11 Å². The first-order valence-corrected chi connectivity index (χ1v) is 6.44. The smallest absolute Gasteiger partial charge is 0.163 e. The summed E-state index contributed by atoms with van der Waals surface area (Å²) in [6.07, 6.45) is 5.51. The van der Waals surface area contributed by atoms with Crippen LogP contribution in [-0.2, 0) is 0 Å². The predicted octanol–water partition coefficient (Wildman–Crippen LogP) is 2.31. The highest BCUT2D eigenvalue weighted by molar-refractivity contribution is 5.53. The lowest BCUT2D eigenvalue weighted by Crippen LogP contribution is -2.41.